The van der Waals surface area contributed by atoms with Gasteiger partial charge in [0, 0.05) is 35.1 Å². The predicted molar refractivity (Wildman–Crippen MR) is 210 cm³/mol. The molecule has 0 bridgehead atoms. The number of aromatic nitrogens is 2. The number of nitrogens with one attached hydrogen (secondary N) is 2. The van der Waals surface area contributed by atoms with Gasteiger partial charge >= 0.3 is 12.2 Å². The van der Waals surface area contributed by atoms with Gasteiger partial charge in [-0.1, -0.05) is 58.9 Å². The normalized spacial score (nSPS) is 37.7. The minimum atomic E-state index is -0.292. The standard InChI is InChI=1S/C46H66N4O4/c1-33(2)34-16-21-46(32-53-40(51)47-24-30-49-26-10-8-11-27-49)23-22-44(6)35(39(34)46)14-15-37-43(5)19-18-38(42(3,4)36(43)17-20-45(37,44)7)54-41(52)48-25-31-50-28-12-9-13-29-50/h8-13,26-29,34-39H,1,14-25,30-32H2,2-7H3/p+2/t34-,35?,36?,37?,38-,39?,43-,44+,45+,46+/m0/s1. The maximum Gasteiger partial charge on any atom is 0.407 e. The highest BCUT2D eigenvalue weighted by Gasteiger charge is 2.71. The van der Waals surface area contributed by atoms with Crippen molar-refractivity contribution in [2.24, 2.45) is 56.7 Å². The van der Waals surface area contributed by atoms with E-state index in [4.69, 9.17) is 9.47 Å². The molecule has 5 saturated carbocycles. The second kappa shape index (κ2) is 14.9. The summed E-state index contributed by atoms with van der Waals surface area (Å²) in [5.74, 6) is 2.68. The van der Waals surface area contributed by atoms with Gasteiger partial charge in [0.2, 0.25) is 0 Å². The van der Waals surface area contributed by atoms with Crippen LogP contribution in [0.4, 0.5) is 9.59 Å². The van der Waals surface area contributed by atoms with Crippen molar-refractivity contribution in [3.8, 4) is 0 Å². The maximum atomic E-state index is 13.1. The summed E-state index contributed by atoms with van der Waals surface area (Å²) in [6.07, 6.45) is 18.9. The number of pyridine rings is 2. The van der Waals surface area contributed by atoms with Gasteiger partial charge in [0.1, 0.15) is 6.10 Å². The summed E-state index contributed by atoms with van der Waals surface area (Å²) in [4.78, 5) is 26.2. The molecule has 0 saturated heterocycles. The molecule has 5 aliphatic carbocycles. The zero-order valence-electron chi connectivity index (χ0n) is 34.1. The predicted octanol–water partition coefficient (Wildman–Crippen LogP) is 8.44. The van der Waals surface area contributed by atoms with Crippen LogP contribution in [0.25, 0.3) is 0 Å². The van der Waals surface area contributed by atoms with Crippen molar-refractivity contribution in [3.63, 3.8) is 0 Å². The Morgan fingerprint density at radius 3 is 1.96 bits per heavy atom. The molecule has 5 aliphatic rings. The Kier molecular flexibility index (Phi) is 10.7. The molecule has 0 aliphatic heterocycles. The molecule has 2 aromatic rings. The first kappa shape index (κ1) is 38.8. The van der Waals surface area contributed by atoms with Gasteiger partial charge in [-0.15, -0.1) is 0 Å². The highest BCUT2D eigenvalue weighted by molar-refractivity contribution is 5.67. The van der Waals surface area contributed by atoms with Crippen molar-refractivity contribution >= 4 is 12.2 Å². The Morgan fingerprint density at radius 1 is 0.704 bits per heavy atom. The fourth-order valence-corrected chi connectivity index (χ4v) is 13.9. The summed E-state index contributed by atoms with van der Waals surface area (Å²) < 4.78 is 16.6. The van der Waals surface area contributed by atoms with Crippen LogP contribution in [-0.2, 0) is 22.6 Å². The monoisotopic (exact) mass is 741 g/mol. The number of allylic oxidation sites excluding steroid dienone is 1. The van der Waals surface area contributed by atoms with Gasteiger partial charge in [-0.3, -0.25) is 0 Å². The molecule has 7 rings (SSSR count). The summed E-state index contributed by atoms with van der Waals surface area (Å²) in [6, 6.07) is 12.0. The first-order valence-electron chi connectivity index (χ1n) is 21.1. The third-order valence-corrected chi connectivity index (χ3v) is 16.8. The van der Waals surface area contributed by atoms with E-state index in [1.165, 1.54) is 37.7 Å². The fraction of sp³-hybridized carbons (Fsp3) is 0.696. The van der Waals surface area contributed by atoms with E-state index in [0.29, 0.717) is 49.3 Å². The first-order chi connectivity index (χ1) is 25.7. The molecular weight excluding hydrogens is 673 g/mol. The van der Waals surface area contributed by atoms with Gasteiger partial charge in [-0.2, -0.15) is 0 Å². The number of carbonyl (C=O) groups excluding carboxylic acids is 2. The third-order valence-electron chi connectivity index (χ3n) is 16.8. The molecule has 0 radical (unpaired) electrons. The summed E-state index contributed by atoms with van der Waals surface area (Å²) in [5, 5.41) is 6.05. The molecule has 2 heterocycles. The molecule has 54 heavy (non-hydrogen) atoms. The van der Waals surface area contributed by atoms with E-state index >= 15 is 0 Å². The smallest absolute Gasteiger partial charge is 0.407 e. The molecule has 2 aromatic heterocycles. The van der Waals surface area contributed by atoms with Gasteiger partial charge in [0.25, 0.3) is 0 Å². The number of hydrogen-bond donors (Lipinski definition) is 2. The van der Waals surface area contributed by atoms with Crippen LogP contribution in [0.15, 0.2) is 73.3 Å². The Balaban J connectivity index is 1.03. The second-order valence-electron chi connectivity index (χ2n) is 19.5. The molecule has 0 aromatic carbocycles. The number of nitrogens with zero attached hydrogens (tertiary/aromatic N) is 2. The van der Waals surface area contributed by atoms with Crippen molar-refractivity contribution in [2.45, 2.75) is 125 Å². The third kappa shape index (κ3) is 6.76. The number of alkyl carbamates (subject to hydrolysis) is 2. The van der Waals surface area contributed by atoms with E-state index < -0.39 is 0 Å². The molecule has 2 amide bonds. The van der Waals surface area contributed by atoms with Crippen molar-refractivity contribution in [1.29, 1.82) is 0 Å². The lowest BCUT2D eigenvalue weighted by Gasteiger charge is -2.73. The Bertz CT molecular complexity index is 1670. The number of hydrogen-bond acceptors (Lipinski definition) is 4. The lowest BCUT2D eigenvalue weighted by atomic mass is 9.32. The van der Waals surface area contributed by atoms with Crippen LogP contribution in [0, 0.1) is 56.7 Å². The molecule has 294 valence electrons. The topological polar surface area (TPSA) is 84.4 Å². The Labute approximate surface area is 324 Å². The highest BCUT2D eigenvalue weighted by atomic mass is 16.6. The van der Waals surface area contributed by atoms with E-state index in [1.54, 1.807) is 0 Å². The van der Waals surface area contributed by atoms with Gasteiger partial charge in [-0.25, -0.2) is 18.7 Å². The summed E-state index contributed by atoms with van der Waals surface area (Å²) >= 11 is 0. The van der Waals surface area contributed by atoms with Crippen molar-refractivity contribution in [1.82, 2.24) is 10.6 Å². The number of ether oxygens (including phenoxy) is 2. The lowest BCUT2D eigenvalue weighted by molar-refractivity contribution is -0.695. The molecular formula is C46H68N4O4+2. The van der Waals surface area contributed by atoms with Crippen LogP contribution >= 0.6 is 0 Å². The minimum Gasteiger partial charge on any atom is -0.449 e. The SMILES string of the molecule is C=C(C)[C@@H]1CC[C@]2(COC(=O)NCC[n+]3ccccc3)CC[C@]3(C)C(CCC4[C@@]5(C)CC[C@H](OC(=O)NCC[n+]6ccccc6)C(C)(C)C5CC[C@]43C)C12. The quantitative estimate of drug-likeness (QED) is 0.189. The molecule has 8 nitrogen and oxygen atoms in total. The van der Waals surface area contributed by atoms with Crippen molar-refractivity contribution in [3.05, 3.63) is 73.3 Å². The average Bonchev–Trinajstić information content (AvgIpc) is 3.53. The molecule has 2 N–H and O–H groups in total. The minimum absolute atomic E-state index is 0.0152. The Morgan fingerprint density at radius 2 is 1.33 bits per heavy atom. The first-order valence-corrected chi connectivity index (χ1v) is 21.1. The van der Waals surface area contributed by atoms with E-state index in [9.17, 15) is 9.59 Å². The number of fused-ring (bicyclic) bond motifs is 7. The lowest BCUT2D eigenvalue weighted by Crippen LogP contribution is -2.67. The zero-order chi connectivity index (χ0) is 38.4. The van der Waals surface area contributed by atoms with Gasteiger partial charge in [0.05, 0.1) is 19.7 Å². The van der Waals surface area contributed by atoms with Crippen LogP contribution in [0.5, 0.6) is 0 Å². The highest BCUT2D eigenvalue weighted by Crippen LogP contribution is 2.77. The van der Waals surface area contributed by atoms with Gasteiger partial charge in [0.15, 0.2) is 37.9 Å². The van der Waals surface area contributed by atoms with Crippen LogP contribution in [0.1, 0.15) is 106 Å². The van der Waals surface area contributed by atoms with E-state index in [1.807, 2.05) is 61.2 Å². The number of carbonyl (C=O) groups is 2. The summed E-state index contributed by atoms with van der Waals surface area (Å²) in [5.41, 5.74) is 1.84. The van der Waals surface area contributed by atoms with Crippen LogP contribution in [-0.4, -0.2) is 38.0 Å². The summed E-state index contributed by atoms with van der Waals surface area (Å²) in [6.45, 7) is 22.5. The van der Waals surface area contributed by atoms with Crippen molar-refractivity contribution in [2.75, 3.05) is 19.7 Å². The van der Waals surface area contributed by atoms with Crippen LogP contribution in [0.3, 0.4) is 0 Å². The Hall–Kier alpha value is -3.42. The average molecular weight is 741 g/mol. The fourth-order valence-electron chi connectivity index (χ4n) is 13.9. The van der Waals surface area contributed by atoms with Crippen LogP contribution in [0.2, 0.25) is 0 Å². The number of amides is 2. The summed E-state index contributed by atoms with van der Waals surface area (Å²) in [7, 11) is 0. The largest absolute Gasteiger partial charge is 0.449 e. The molecule has 10 atom stereocenters. The molecule has 4 unspecified atom stereocenters. The zero-order valence-corrected chi connectivity index (χ0v) is 34.1. The number of rotatable bonds is 10. The second-order valence-corrected chi connectivity index (χ2v) is 19.5. The van der Waals surface area contributed by atoms with E-state index in [2.05, 4.69) is 67.9 Å². The molecule has 8 heteroatoms. The van der Waals surface area contributed by atoms with Crippen molar-refractivity contribution < 1.29 is 28.2 Å². The maximum absolute atomic E-state index is 13.1. The van der Waals surface area contributed by atoms with Crippen LogP contribution < -0.4 is 19.8 Å². The van der Waals surface area contributed by atoms with Gasteiger partial charge < -0.3 is 20.1 Å². The molecule has 5 fully saturated rings. The van der Waals surface area contributed by atoms with E-state index in [0.717, 1.165) is 45.2 Å². The van der Waals surface area contributed by atoms with E-state index in [-0.39, 0.29) is 45.4 Å². The molecule has 0 spiro atoms. The van der Waals surface area contributed by atoms with Gasteiger partial charge in [-0.05, 0) is 117 Å².